The van der Waals surface area contributed by atoms with E-state index in [0.717, 1.165) is 12.1 Å². The number of rotatable bonds is 5. The molecule has 1 aliphatic rings. The van der Waals surface area contributed by atoms with E-state index in [2.05, 4.69) is 31.3 Å². The average Bonchev–Trinajstić information content (AvgIpc) is 3.17. The molecule has 1 saturated carbocycles. The monoisotopic (exact) mass is 228 g/mol. The van der Waals surface area contributed by atoms with Gasteiger partial charge in [0.05, 0.1) is 11.6 Å². The van der Waals surface area contributed by atoms with Gasteiger partial charge in [0.25, 0.3) is 0 Å². The van der Waals surface area contributed by atoms with Crippen molar-refractivity contribution in [2.75, 3.05) is 6.54 Å². The summed E-state index contributed by atoms with van der Waals surface area (Å²) < 4.78 is 0. The lowest BCUT2D eigenvalue weighted by atomic mass is 10.0. The second-order valence-corrected chi connectivity index (χ2v) is 5.19. The van der Waals surface area contributed by atoms with Gasteiger partial charge in [-0.25, -0.2) is 0 Å². The highest BCUT2D eigenvalue weighted by Crippen LogP contribution is 2.48. The molecule has 0 radical (unpaired) electrons. The van der Waals surface area contributed by atoms with Crippen molar-refractivity contribution in [2.45, 2.75) is 39.2 Å². The van der Waals surface area contributed by atoms with E-state index in [9.17, 15) is 0 Å². The Bertz CT molecular complexity index is 427. The maximum absolute atomic E-state index is 8.88. The van der Waals surface area contributed by atoms with Crippen molar-refractivity contribution in [3.63, 3.8) is 0 Å². The molecule has 0 saturated heterocycles. The van der Waals surface area contributed by atoms with Gasteiger partial charge in [0.2, 0.25) is 0 Å². The summed E-state index contributed by atoms with van der Waals surface area (Å²) in [5.74, 6) is 0. The van der Waals surface area contributed by atoms with Crippen molar-refractivity contribution in [2.24, 2.45) is 5.41 Å². The van der Waals surface area contributed by atoms with E-state index >= 15 is 0 Å². The lowest BCUT2D eigenvalue weighted by Crippen LogP contribution is -2.26. The molecule has 1 aromatic rings. The zero-order valence-electron chi connectivity index (χ0n) is 10.7. The van der Waals surface area contributed by atoms with Gasteiger partial charge in [-0.1, -0.05) is 19.1 Å². The molecule has 0 bridgehead atoms. The number of nitrogens with one attached hydrogen (secondary N) is 1. The molecule has 1 aromatic carbocycles. The van der Waals surface area contributed by atoms with E-state index in [4.69, 9.17) is 5.26 Å². The predicted octanol–water partition coefficient (Wildman–Crippen LogP) is 3.40. The fourth-order valence-corrected chi connectivity index (χ4v) is 2.20. The van der Waals surface area contributed by atoms with Crippen LogP contribution in [0.25, 0.3) is 0 Å². The molecule has 1 N–H and O–H groups in total. The maximum Gasteiger partial charge on any atom is 0.0991 e. The van der Waals surface area contributed by atoms with Gasteiger partial charge in [0.15, 0.2) is 0 Å². The molecule has 17 heavy (non-hydrogen) atoms. The molecule has 2 nitrogen and oxygen atoms in total. The quantitative estimate of drug-likeness (QED) is 0.838. The molecule has 0 amide bonds. The van der Waals surface area contributed by atoms with Crippen molar-refractivity contribution >= 4 is 0 Å². The third-order valence-electron chi connectivity index (χ3n) is 4.01. The fourth-order valence-electron chi connectivity index (χ4n) is 2.20. The van der Waals surface area contributed by atoms with Crippen molar-refractivity contribution < 1.29 is 0 Å². The SMILES string of the molecule is CCC1(CNC(C)c2cccc(C#N)c2)CC1. The average molecular weight is 228 g/mol. The first-order chi connectivity index (χ1) is 8.19. The smallest absolute Gasteiger partial charge is 0.0991 e. The number of nitrogens with zero attached hydrogens (tertiary/aromatic N) is 1. The van der Waals surface area contributed by atoms with Crippen LogP contribution in [-0.4, -0.2) is 6.54 Å². The van der Waals surface area contributed by atoms with Crippen molar-refractivity contribution in [1.82, 2.24) is 5.32 Å². The zero-order chi connectivity index (χ0) is 12.3. The van der Waals surface area contributed by atoms with Crippen LogP contribution in [0.2, 0.25) is 0 Å². The van der Waals surface area contributed by atoms with Crippen LogP contribution in [-0.2, 0) is 0 Å². The third-order valence-corrected chi connectivity index (χ3v) is 4.01. The Kier molecular flexibility index (Phi) is 3.49. The van der Waals surface area contributed by atoms with Crippen molar-refractivity contribution in [3.8, 4) is 6.07 Å². The molecule has 1 atom stereocenters. The van der Waals surface area contributed by atoms with Gasteiger partial charge in [-0.15, -0.1) is 0 Å². The summed E-state index contributed by atoms with van der Waals surface area (Å²) in [4.78, 5) is 0. The molecule has 1 aliphatic carbocycles. The van der Waals surface area contributed by atoms with Gasteiger partial charge >= 0.3 is 0 Å². The molecule has 0 spiro atoms. The molecule has 90 valence electrons. The van der Waals surface area contributed by atoms with E-state index in [1.807, 2.05) is 18.2 Å². The summed E-state index contributed by atoms with van der Waals surface area (Å²) in [6, 6.07) is 10.4. The van der Waals surface area contributed by atoms with Crippen LogP contribution in [0.3, 0.4) is 0 Å². The molecule has 2 heteroatoms. The summed E-state index contributed by atoms with van der Waals surface area (Å²) in [6.45, 7) is 5.54. The van der Waals surface area contributed by atoms with Crippen LogP contribution in [0.1, 0.15) is 50.3 Å². The van der Waals surface area contributed by atoms with E-state index in [0.29, 0.717) is 11.5 Å². The number of hydrogen-bond donors (Lipinski definition) is 1. The highest BCUT2D eigenvalue weighted by molar-refractivity contribution is 5.34. The van der Waals surface area contributed by atoms with Crippen LogP contribution in [0, 0.1) is 16.7 Å². The Labute approximate surface area is 104 Å². The number of nitriles is 1. The Balaban J connectivity index is 1.95. The van der Waals surface area contributed by atoms with E-state index in [1.54, 1.807) is 0 Å². The molecule has 1 unspecified atom stereocenters. The summed E-state index contributed by atoms with van der Waals surface area (Å²) in [5, 5.41) is 12.5. The van der Waals surface area contributed by atoms with Crippen LogP contribution in [0.5, 0.6) is 0 Å². The molecule has 0 aliphatic heterocycles. The molecule has 0 aromatic heterocycles. The van der Waals surface area contributed by atoms with E-state index < -0.39 is 0 Å². The highest BCUT2D eigenvalue weighted by atomic mass is 14.9. The predicted molar refractivity (Wildman–Crippen MR) is 69.5 cm³/mol. The summed E-state index contributed by atoms with van der Waals surface area (Å²) in [5.41, 5.74) is 2.52. The van der Waals surface area contributed by atoms with Gasteiger partial charge in [0.1, 0.15) is 0 Å². The zero-order valence-corrected chi connectivity index (χ0v) is 10.7. The van der Waals surface area contributed by atoms with Gasteiger partial charge in [-0.3, -0.25) is 0 Å². The Morgan fingerprint density at radius 2 is 2.24 bits per heavy atom. The van der Waals surface area contributed by atoms with Gasteiger partial charge in [-0.2, -0.15) is 5.26 Å². The van der Waals surface area contributed by atoms with Crippen LogP contribution >= 0.6 is 0 Å². The van der Waals surface area contributed by atoms with Crippen LogP contribution in [0.15, 0.2) is 24.3 Å². The minimum Gasteiger partial charge on any atom is -0.310 e. The Morgan fingerprint density at radius 3 is 2.82 bits per heavy atom. The summed E-state index contributed by atoms with van der Waals surface area (Å²) in [7, 11) is 0. The Hall–Kier alpha value is -1.33. The lowest BCUT2D eigenvalue weighted by molar-refractivity contribution is 0.415. The van der Waals surface area contributed by atoms with Crippen molar-refractivity contribution in [3.05, 3.63) is 35.4 Å². The lowest BCUT2D eigenvalue weighted by Gasteiger charge is -2.19. The summed E-state index contributed by atoms with van der Waals surface area (Å²) >= 11 is 0. The van der Waals surface area contributed by atoms with E-state index in [1.165, 1.54) is 24.8 Å². The minimum absolute atomic E-state index is 0.326. The fraction of sp³-hybridized carbons (Fsp3) is 0.533. The molecular weight excluding hydrogens is 208 g/mol. The molecular formula is C15H20N2. The first-order valence-corrected chi connectivity index (χ1v) is 6.42. The minimum atomic E-state index is 0.326. The number of hydrogen-bond acceptors (Lipinski definition) is 2. The van der Waals surface area contributed by atoms with E-state index in [-0.39, 0.29) is 0 Å². The first-order valence-electron chi connectivity index (χ1n) is 6.42. The Morgan fingerprint density at radius 1 is 1.47 bits per heavy atom. The number of benzene rings is 1. The second kappa shape index (κ2) is 4.89. The highest BCUT2D eigenvalue weighted by Gasteiger charge is 2.40. The molecule has 0 heterocycles. The van der Waals surface area contributed by atoms with Crippen LogP contribution in [0.4, 0.5) is 0 Å². The first kappa shape index (κ1) is 12.1. The largest absolute Gasteiger partial charge is 0.310 e. The third kappa shape index (κ3) is 2.87. The second-order valence-electron chi connectivity index (χ2n) is 5.19. The standard InChI is InChI=1S/C15H20N2/c1-3-15(7-8-15)11-17-12(2)14-6-4-5-13(9-14)10-16/h4-6,9,12,17H,3,7-8,11H2,1-2H3. The molecule has 1 fully saturated rings. The van der Waals surface area contributed by atoms with Gasteiger partial charge in [0, 0.05) is 12.6 Å². The topological polar surface area (TPSA) is 35.8 Å². The maximum atomic E-state index is 8.88. The summed E-state index contributed by atoms with van der Waals surface area (Å²) in [6.07, 6.45) is 3.99. The molecule has 2 rings (SSSR count). The van der Waals surface area contributed by atoms with Gasteiger partial charge < -0.3 is 5.32 Å². The van der Waals surface area contributed by atoms with Gasteiger partial charge in [-0.05, 0) is 49.3 Å². The van der Waals surface area contributed by atoms with Crippen molar-refractivity contribution in [1.29, 1.82) is 5.26 Å². The van der Waals surface area contributed by atoms with Crippen LogP contribution < -0.4 is 5.32 Å². The normalized spacial score (nSPS) is 18.4.